The van der Waals surface area contributed by atoms with Crippen LogP contribution in [0.2, 0.25) is 0 Å². The van der Waals surface area contributed by atoms with E-state index in [1.807, 2.05) is 24.3 Å². The monoisotopic (exact) mass is 392 g/mol. The summed E-state index contributed by atoms with van der Waals surface area (Å²) in [6.45, 7) is 2.90. The van der Waals surface area contributed by atoms with E-state index >= 15 is 0 Å². The van der Waals surface area contributed by atoms with Crippen LogP contribution in [0.3, 0.4) is 0 Å². The van der Waals surface area contributed by atoms with Crippen LogP contribution >= 0.6 is 15.9 Å². The molecule has 0 radical (unpaired) electrons. The Morgan fingerprint density at radius 3 is 2.54 bits per heavy atom. The number of rotatable bonds is 4. The lowest BCUT2D eigenvalue weighted by atomic mass is 9.93. The standard InChI is InChI=1S/C19H25BrN2O2/c1-13-12-22(16-5-3-2-4-6-16)19(24)17(13)11-18(23)21-15-9-7-14(20)8-10-15/h7-10,13,16-17H,2-6,11-12H2,1H3,(H,21,23)/t13-,17+/m0/s1. The normalized spacial score (nSPS) is 25.1. The summed E-state index contributed by atoms with van der Waals surface area (Å²) in [4.78, 5) is 27.2. The van der Waals surface area contributed by atoms with Gasteiger partial charge in [0, 0.05) is 29.2 Å². The van der Waals surface area contributed by atoms with Crippen molar-refractivity contribution in [3.05, 3.63) is 28.7 Å². The van der Waals surface area contributed by atoms with E-state index in [1.54, 1.807) is 0 Å². The molecule has 1 aromatic carbocycles. The molecule has 1 aliphatic carbocycles. The maximum Gasteiger partial charge on any atom is 0.226 e. The molecule has 5 heteroatoms. The number of halogens is 1. The lowest BCUT2D eigenvalue weighted by Crippen LogP contribution is -2.39. The summed E-state index contributed by atoms with van der Waals surface area (Å²) in [5, 5.41) is 2.90. The summed E-state index contributed by atoms with van der Waals surface area (Å²) in [6.07, 6.45) is 6.24. The zero-order valence-electron chi connectivity index (χ0n) is 14.1. The molecule has 1 heterocycles. The smallest absolute Gasteiger partial charge is 0.226 e. The van der Waals surface area contributed by atoms with Gasteiger partial charge >= 0.3 is 0 Å². The maximum atomic E-state index is 12.8. The predicted molar refractivity (Wildman–Crippen MR) is 98.6 cm³/mol. The van der Waals surface area contributed by atoms with Gasteiger partial charge in [-0.1, -0.05) is 42.1 Å². The van der Waals surface area contributed by atoms with Gasteiger partial charge in [-0.3, -0.25) is 9.59 Å². The first-order chi connectivity index (χ1) is 11.5. The molecule has 1 saturated carbocycles. The van der Waals surface area contributed by atoms with E-state index in [1.165, 1.54) is 19.3 Å². The van der Waals surface area contributed by atoms with Gasteiger partial charge in [0.25, 0.3) is 0 Å². The van der Waals surface area contributed by atoms with E-state index < -0.39 is 0 Å². The van der Waals surface area contributed by atoms with Gasteiger partial charge in [-0.05, 0) is 43.0 Å². The first kappa shape index (κ1) is 17.5. The number of hydrogen-bond donors (Lipinski definition) is 1. The van der Waals surface area contributed by atoms with Crippen LogP contribution in [-0.4, -0.2) is 29.3 Å². The summed E-state index contributed by atoms with van der Waals surface area (Å²) < 4.78 is 0.975. The average Bonchev–Trinajstić information content (AvgIpc) is 2.86. The maximum absolute atomic E-state index is 12.8. The van der Waals surface area contributed by atoms with Crippen LogP contribution in [0.15, 0.2) is 28.7 Å². The van der Waals surface area contributed by atoms with E-state index in [0.717, 1.165) is 29.5 Å². The number of carbonyl (C=O) groups is 2. The molecule has 2 atom stereocenters. The minimum Gasteiger partial charge on any atom is -0.339 e. The zero-order chi connectivity index (χ0) is 17.1. The van der Waals surface area contributed by atoms with Gasteiger partial charge in [0.1, 0.15) is 0 Å². The van der Waals surface area contributed by atoms with Crippen LogP contribution in [-0.2, 0) is 9.59 Å². The number of anilines is 1. The Labute approximate surface area is 152 Å². The Morgan fingerprint density at radius 2 is 1.88 bits per heavy atom. The first-order valence-corrected chi connectivity index (χ1v) is 9.70. The third kappa shape index (κ3) is 4.00. The number of nitrogens with zero attached hydrogens (tertiary/aromatic N) is 1. The van der Waals surface area contributed by atoms with E-state index in [9.17, 15) is 9.59 Å². The number of likely N-dealkylation sites (tertiary alicyclic amines) is 1. The highest BCUT2D eigenvalue weighted by Gasteiger charge is 2.41. The minimum atomic E-state index is -0.178. The Bertz CT molecular complexity index is 596. The van der Waals surface area contributed by atoms with E-state index in [4.69, 9.17) is 0 Å². The molecule has 1 aliphatic heterocycles. The van der Waals surface area contributed by atoms with Crippen molar-refractivity contribution >= 4 is 33.4 Å². The lowest BCUT2D eigenvalue weighted by molar-refractivity contribution is -0.135. The largest absolute Gasteiger partial charge is 0.339 e. The van der Waals surface area contributed by atoms with Crippen molar-refractivity contribution in [1.29, 1.82) is 0 Å². The average molecular weight is 393 g/mol. The molecular formula is C19H25BrN2O2. The fourth-order valence-corrected chi connectivity index (χ4v) is 4.20. The van der Waals surface area contributed by atoms with Gasteiger partial charge in [0.05, 0.1) is 5.92 Å². The van der Waals surface area contributed by atoms with Crippen LogP contribution in [0.5, 0.6) is 0 Å². The zero-order valence-corrected chi connectivity index (χ0v) is 15.7. The Kier molecular flexibility index (Phi) is 5.59. The fraction of sp³-hybridized carbons (Fsp3) is 0.579. The molecule has 1 N–H and O–H groups in total. The van der Waals surface area contributed by atoms with Gasteiger partial charge in [0.2, 0.25) is 11.8 Å². The van der Waals surface area contributed by atoms with Crippen molar-refractivity contribution in [2.24, 2.45) is 11.8 Å². The predicted octanol–water partition coefficient (Wildman–Crippen LogP) is 4.20. The van der Waals surface area contributed by atoms with E-state index in [0.29, 0.717) is 6.04 Å². The van der Waals surface area contributed by atoms with Crippen LogP contribution in [0.4, 0.5) is 5.69 Å². The minimum absolute atomic E-state index is 0.0759. The molecule has 2 amide bonds. The van der Waals surface area contributed by atoms with Gasteiger partial charge in [-0.25, -0.2) is 0 Å². The van der Waals surface area contributed by atoms with Crippen molar-refractivity contribution in [2.75, 3.05) is 11.9 Å². The number of carbonyl (C=O) groups excluding carboxylic acids is 2. The van der Waals surface area contributed by atoms with Gasteiger partial charge in [0.15, 0.2) is 0 Å². The van der Waals surface area contributed by atoms with Gasteiger partial charge in [-0.15, -0.1) is 0 Å². The van der Waals surface area contributed by atoms with E-state index in [-0.39, 0.29) is 30.1 Å². The second kappa shape index (κ2) is 7.68. The number of amides is 2. The molecule has 3 rings (SSSR count). The van der Waals surface area contributed by atoms with Crippen molar-refractivity contribution < 1.29 is 9.59 Å². The number of nitrogens with one attached hydrogen (secondary N) is 1. The summed E-state index contributed by atoms with van der Waals surface area (Å²) in [5.74, 6) is 0.172. The molecule has 130 valence electrons. The molecular weight excluding hydrogens is 368 g/mol. The highest BCUT2D eigenvalue weighted by Crippen LogP contribution is 2.33. The summed E-state index contributed by atoms with van der Waals surface area (Å²) in [5.41, 5.74) is 0.769. The SMILES string of the molecule is C[C@H]1CN(C2CCCCC2)C(=O)[C@@H]1CC(=O)Nc1ccc(Br)cc1. The Balaban J connectivity index is 1.58. The van der Waals surface area contributed by atoms with Crippen LogP contribution in [0.1, 0.15) is 45.4 Å². The Hall–Kier alpha value is -1.36. The van der Waals surface area contributed by atoms with Gasteiger partial charge in [-0.2, -0.15) is 0 Å². The molecule has 2 aliphatic rings. The molecule has 0 unspecified atom stereocenters. The third-order valence-corrected chi connectivity index (χ3v) is 5.85. The van der Waals surface area contributed by atoms with Crippen molar-refractivity contribution in [2.45, 2.75) is 51.5 Å². The third-order valence-electron chi connectivity index (χ3n) is 5.32. The van der Waals surface area contributed by atoms with Crippen molar-refractivity contribution in [1.82, 2.24) is 4.90 Å². The fourth-order valence-electron chi connectivity index (χ4n) is 3.94. The number of hydrogen-bond acceptors (Lipinski definition) is 2. The van der Waals surface area contributed by atoms with E-state index in [2.05, 4.69) is 33.1 Å². The highest BCUT2D eigenvalue weighted by molar-refractivity contribution is 9.10. The molecule has 0 aromatic heterocycles. The van der Waals surface area contributed by atoms with Crippen molar-refractivity contribution in [3.63, 3.8) is 0 Å². The van der Waals surface area contributed by atoms with Crippen LogP contribution in [0, 0.1) is 11.8 Å². The quantitative estimate of drug-likeness (QED) is 0.834. The lowest BCUT2D eigenvalue weighted by Gasteiger charge is -2.31. The molecule has 0 spiro atoms. The molecule has 4 nitrogen and oxygen atoms in total. The summed E-state index contributed by atoms with van der Waals surface area (Å²) in [7, 11) is 0. The summed E-state index contributed by atoms with van der Waals surface area (Å²) >= 11 is 3.38. The molecule has 1 saturated heterocycles. The molecule has 1 aromatic rings. The molecule has 24 heavy (non-hydrogen) atoms. The highest BCUT2D eigenvalue weighted by atomic mass is 79.9. The van der Waals surface area contributed by atoms with Crippen molar-refractivity contribution in [3.8, 4) is 0 Å². The van der Waals surface area contributed by atoms with Crippen LogP contribution < -0.4 is 5.32 Å². The first-order valence-electron chi connectivity index (χ1n) is 8.90. The summed E-state index contributed by atoms with van der Waals surface area (Å²) in [6, 6.07) is 7.90. The molecule has 0 bridgehead atoms. The Morgan fingerprint density at radius 1 is 1.21 bits per heavy atom. The van der Waals surface area contributed by atoms with Gasteiger partial charge < -0.3 is 10.2 Å². The second-order valence-electron chi connectivity index (χ2n) is 7.13. The second-order valence-corrected chi connectivity index (χ2v) is 8.04. The topological polar surface area (TPSA) is 49.4 Å². The number of benzene rings is 1. The van der Waals surface area contributed by atoms with Crippen LogP contribution in [0.25, 0.3) is 0 Å². The molecule has 2 fully saturated rings.